The number of furan rings is 1. The number of amides is 4. The molecular weight excluding hydrogens is 292 g/mol. The van der Waals surface area contributed by atoms with Gasteiger partial charge in [-0.3, -0.25) is 14.5 Å². The molecule has 1 aromatic rings. The van der Waals surface area contributed by atoms with Gasteiger partial charge in [-0.15, -0.1) is 0 Å². The average molecular weight is 308 g/mol. The molecule has 0 aromatic carbocycles. The second-order valence-corrected chi connectivity index (χ2v) is 4.80. The van der Waals surface area contributed by atoms with Crippen LogP contribution in [-0.4, -0.2) is 47.3 Å². The van der Waals surface area contributed by atoms with Gasteiger partial charge in [0, 0.05) is 6.54 Å². The van der Waals surface area contributed by atoms with E-state index in [1.165, 1.54) is 13.2 Å². The number of carbonyl (C=O) groups excluding carboxylic acids is 4. The number of esters is 1. The highest BCUT2D eigenvalue weighted by Gasteiger charge is 2.44. The molecule has 1 aromatic heterocycles. The molecule has 1 aliphatic rings. The Balaban J connectivity index is 2.20. The standard InChI is InChI=1S/C14H16N2O6/c1-4-5-15-11(17)12(18)16(14(15)20)7-9-6-10(8(2)22-9)13(19)21-3/h6H,4-5,7H2,1-3H3. The molecule has 0 radical (unpaired) electrons. The first-order valence-corrected chi connectivity index (χ1v) is 6.75. The molecule has 1 fully saturated rings. The molecule has 8 nitrogen and oxygen atoms in total. The Morgan fingerprint density at radius 1 is 1.23 bits per heavy atom. The lowest BCUT2D eigenvalue weighted by Gasteiger charge is -2.13. The van der Waals surface area contributed by atoms with Crippen LogP contribution in [0.25, 0.3) is 0 Å². The monoisotopic (exact) mass is 308 g/mol. The van der Waals surface area contributed by atoms with Gasteiger partial charge >= 0.3 is 23.8 Å². The Bertz CT molecular complexity index is 648. The number of ether oxygens (including phenoxy) is 1. The maximum atomic E-state index is 12.1. The van der Waals surface area contributed by atoms with Gasteiger partial charge in [-0.05, 0) is 19.4 Å². The van der Waals surface area contributed by atoms with Gasteiger partial charge in [-0.1, -0.05) is 6.92 Å². The molecule has 0 atom stereocenters. The van der Waals surface area contributed by atoms with Crippen molar-refractivity contribution in [3.8, 4) is 0 Å². The molecule has 4 amide bonds. The summed E-state index contributed by atoms with van der Waals surface area (Å²) in [6.45, 7) is 3.34. The van der Waals surface area contributed by atoms with Gasteiger partial charge < -0.3 is 9.15 Å². The van der Waals surface area contributed by atoms with Crippen molar-refractivity contribution in [3.63, 3.8) is 0 Å². The van der Waals surface area contributed by atoms with Crippen LogP contribution in [-0.2, 0) is 20.9 Å². The molecule has 2 heterocycles. The maximum Gasteiger partial charge on any atom is 0.341 e. The zero-order chi connectivity index (χ0) is 16.4. The Hall–Kier alpha value is -2.64. The van der Waals surface area contributed by atoms with Crippen molar-refractivity contribution in [2.45, 2.75) is 26.8 Å². The molecule has 0 aliphatic carbocycles. The van der Waals surface area contributed by atoms with E-state index in [1.54, 1.807) is 13.8 Å². The van der Waals surface area contributed by atoms with E-state index in [4.69, 9.17) is 4.42 Å². The summed E-state index contributed by atoms with van der Waals surface area (Å²) >= 11 is 0. The van der Waals surface area contributed by atoms with Crippen molar-refractivity contribution in [1.29, 1.82) is 0 Å². The number of carbonyl (C=O) groups is 4. The zero-order valence-corrected chi connectivity index (χ0v) is 12.5. The topological polar surface area (TPSA) is 97.1 Å². The van der Waals surface area contributed by atoms with Gasteiger partial charge in [0.1, 0.15) is 17.1 Å². The lowest BCUT2D eigenvalue weighted by Crippen LogP contribution is -2.33. The molecule has 2 rings (SSSR count). The normalized spacial score (nSPS) is 15.0. The Morgan fingerprint density at radius 2 is 1.86 bits per heavy atom. The molecule has 0 spiro atoms. The first kappa shape index (κ1) is 15.7. The van der Waals surface area contributed by atoms with Gasteiger partial charge in [0.15, 0.2) is 0 Å². The third kappa shape index (κ3) is 2.59. The van der Waals surface area contributed by atoms with Crippen molar-refractivity contribution >= 4 is 23.8 Å². The van der Waals surface area contributed by atoms with Crippen LogP contribution >= 0.6 is 0 Å². The Morgan fingerprint density at radius 3 is 2.45 bits per heavy atom. The van der Waals surface area contributed by atoms with Crippen LogP contribution in [0.3, 0.4) is 0 Å². The minimum atomic E-state index is -0.896. The Kier molecular flexibility index (Phi) is 4.30. The summed E-state index contributed by atoms with van der Waals surface area (Å²) in [6.07, 6.45) is 0.560. The minimum Gasteiger partial charge on any atom is -0.465 e. The fourth-order valence-electron chi connectivity index (χ4n) is 2.20. The maximum absolute atomic E-state index is 12.1. The highest BCUT2D eigenvalue weighted by atomic mass is 16.5. The second-order valence-electron chi connectivity index (χ2n) is 4.80. The molecule has 0 bridgehead atoms. The van der Waals surface area contributed by atoms with E-state index in [9.17, 15) is 19.2 Å². The van der Waals surface area contributed by atoms with Gasteiger partial charge in [0.05, 0.1) is 13.7 Å². The summed E-state index contributed by atoms with van der Waals surface area (Å²) < 4.78 is 9.95. The lowest BCUT2D eigenvalue weighted by atomic mass is 10.2. The average Bonchev–Trinajstić information content (AvgIpc) is 2.95. The highest BCUT2D eigenvalue weighted by molar-refractivity contribution is 6.44. The number of nitrogens with zero attached hydrogens (tertiary/aromatic N) is 2. The zero-order valence-electron chi connectivity index (χ0n) is 12.5. The predicted octanol–water partition coefficient (Wildman–Crippen LogP) is 1.08. The minimum absolute atomic E-state index is 0.185. The number of hydrogen-bond acceptors (Lipinski definition) is 6. The van der Waals surface area contributed by atoms with Gasteiger partial charge in [-0.25, -0.2) is 14.5 Å². The van der Waals surface area contributed by atoms with E-state index in [0.29, 0.717) is 12.2 Å². The fraction of sp³-hybridized carbons (Fsp3) is 0.429. The van der Waals surface area contributed by atoms with Crippen LogP contribution < -0.4 is 0 Å². The molecule has 118 valence electrons. The summed E-state index contributed by atoms with van der Waals surface area (Å²) in [4.78, 5) is 48.9. The summed E-state index contributed by atoms with van der Waals surface area (Å²) in [6, 6.07) is 0.722. The van der Waals surface area contributed by atoms with Crippen LogP contribution in [0, 0.1) is 6.92 Å². The fourth-order valence-corrected chi connectivity index (χ4v) is 2.20. The number of aryl methyl sites for hydroxylation is 1. The van der Waals surface area contributed by atoms with Crippen LogP contribution in [0.5, 0.6) is 0 Å². The molecule has 0 unspecified atom stereocenters. The van der Waals surface area contributed by atoms with Crippen molar-refractivity contribution in [1.82, 2.24) is 9.80 Å². The smallest absolute Gasteiger partial charge is 0.341 e. The van der Waals surface area contributed by atoms with Crippen LogP contribution in [0.1, 0.15) is 35.2 Å². The first-order valence-electron chi connectivity index (χ1n) is 6.75. The molecule has 0 saturated carbocycles. The van der Waals surface area contributed by atoms with Crippen LogP contribution in [0.2, 0.25) is 0 Å². The number of methoxy groups -OCH3 is 1. The number of imide groups is 2. The summed E-state index contributed by atoms with van der Waals surface area (Å²) in [7, 11) is 1.24. The first-order chi connectivity index (χ1) is 10.4. The molecular formula is C14H16N2O6. The van der Waals surface area contributed by atoms with E-state index >= 15 is 0 Å². The van der Waals surface area contributed by atoms with E-state index in [1.807, 2.05) is 0 Å². The predicted molar refractivity (Wildman–Crippen MR) is 72.7 cm³/mol. The summed E-state index contributed by atoms with van der Waals surface area (Å²) in [5.41, 5.74) is 0.216. The molecule has 1 aliphatic heterocycles. The Labute approximate surface area is 126 Å². The van der Waals surface area contributed by atoms with E-state index in [2.05, 4.69) is 4.74 Å². The number of urea groups is 1. The number of hydrogen-bond donors (Lipinski definition) is 0. The second kappa shape index (κ2) is 6.00. The molecule has 1 saturated heterocycles. The summed E-state index contributed by atoms with van der Waals surface area (Å²) in [5, 5.41) is 0. The molecule has 8 heteroatoms. The van der Waals surface area contributed by atoms with E-state index < -0.39 is 23.8 Å². The van der Waals surface area contributed by atoms with Gasteiger partial charge in [-0.2, -0.15) is 0 Å². The van der Waals surface area contributed by atoms with Crippen molar-refractivity contribution < 1.29 is 28.3 Å². The van der Waals surface area contributed by atoms with Gasteiger partial charge in [0.2, 0.25) is 0 Å². The van der Waals surface area contributed by atoms with Crippen LogP contribution in [0.4, 0.5) is 4.79 Å². The number of rotatable bonds is 5. The van der Waals surface area contributed by atoms with E-state index in [-0.39, 0.29) is 24.4 Å². The van der Waals surface area contributed by atoms with E-state index in [0.717, 1.165) is 9.80 Å². The van der Waals surface area contributed by atoms with Gasteiger partial charge in [0.25, 0.3) is 0 Å². The van der Waals surface area contributed by atoms with Crippen LogP contribution in [0.15, 0.2) is 10.5 Å². The SMILES string of the molecule is CCCN1C(=O)C(=O)N(Cc2cc(C(=O)OC)c(C)o2)C1=O. The largest absolute Gasteiger partial charge is 0.465 e. The third-order valence-electron chi connectivity index (χ3n) is 3.27. The summed E-state index contributed by atoms with van der Waals surface area (Å²) in [5.74, 6) is -1.77. The van der Waals surface area contributed by atoms with Crippen molar-refractivity contribution in [3.05, 3.63) is 23.2 Å². The quantitative estimate of drug-likeness (QED) is 0.458. The highest BCUT2D eigenvalue weighted by Crippen LogP contribution is 2.20. The molecule has 22 heavy (non-hydrogen) atoms. The third-order valence-corrected chi connectivity index (χ3v) is 3.27. The lowest BCUT2D eigenvalue weighted by molar-refractivity contribution is -0.143. The van der Waals surface area contributed by atoms with Crippen molar-refractivity contribution in [2.75, 3.05) is 13.7 Å². The van der Waals surface area contributed by atoms with Crippen molar-refractivity contribution in [2.24, 2.45) is 0 Å². The molecule has 0 N–H and O–H groups in total.